The third kappa shape index (κ3) is 2.65. The van der Waals surface area contributed by atoms with E-state index in [0.717, 1.165) is 34.6 Å². The van der Waals surface area contributed by atoms with E-state index in [1.165, 1.54) is 4.90 Å². The summed E-state index contributed by atoms with van der Waals surface area (Å²) in [5, 5.41) is 0.987. The Labute approximate surface area is 137 Å². The van der Waals surface area contributed by atoms with E-state index in [1.807, 2.05) is 23.1 Å². The van der Waals surface area contributed by atoms with E-state index in [2.05, 4.69) is 6.07 Å². The van der Waals surface area contributed by atoms with Gasteiger partial charge < -0.3 is 9.64 Å². The minimum Gasteiger partial charge on any atom is -0.448 e. The Morgan fingerprint density at radius 3 is 3.00 bits per heavy atom. The molecule has 2 amide bonds. The highest BCUT2D eigenvalue weighted by atomic mass is 32.1. The Bertz CT molecular complexity index is 727. The second kappa shape index (κ2) is 5.81. The molecule has 7 heteroatoms. The summed E-state index contributed by atoms with van der Waals surface area (Å²) in [7, 11) is 0. The van der Waals surface area contributed by atoms with Crippen molar-refractivity contribution in [3.8, 4) is 0 Å². The van der Waals surface area contributed by atoms with Crippen molar-refractivity contribution in [2.24, 2.45) is 0 Å². The number of para-hydroxylation sites is 1. The predicted octanol–water partition coefficient (Wildman–Crippen LogP) is 2.41. The summed E-state index contributed by atoms with van der Waals surface area (Å²) < 4.78 is 6.03. The number of benzene rings is 1. The van der Waals surface area contributed by atoms with Gasteiger partial charge in [0.05, 0.1) is 22.8 Å². The molecule has 0 saturated carbocycles. The van der Waals surface area contributed by atoms with Gasteiger partial charge in [0, 0.05) is 6.54 Å². The zero-order valence-corrected chi connectivity index (χ0v) is 13.4. The molecule has 4 rings (SSSR count). The number of aromatic nitrogens is 1. The van der Waals surface area contributed by atoms with Gasteiger partial charge in [0.25, 0.3) is 0 Å². The molecule has 2 aliphatic heterocycles. The molecule has 3 heterocycles. The maximum atomic E-state index is 12.6. The standard InChI is InChI=1S/C16H17N3O3S/c20-14(10-18-8-9-22-16(18)21)19-7-3-5-12(19)15-17-11-4-1-2-6-13(11)23-15/h1-2,4,6,12H,3,5,7-10H2/t12-/m1/s1. The number of carbonyl (C=O) groups is 2. The maximum Gasteiger partial charge on any atom is 0.410 e. The summed E-state index contributed by atoms with van der Waals surface area (Å²) in [5.74, 6) is -0.0226. The molecule has 6 nitrogen and oxygen atoms in total. The van der Waals surface area contributed by atoms with Gasteiger partial charge in [-0.05, 0) is 25.0 Å². The maximum absolute atomic E-state index is 12.6. The average Bonchev–Trinajstić information content (AvgIpc) is 3.26. The lowest BCUT2D eigenvalue weighted by atomic mass is 10.2. The second-order valence-corrected chi connectivity index (χ2v) is 6.86. The van der Waals surface area contributed by atoms with E-state index in [1.54, 1.807) is 11.3 Å². The number of thiazole rings is 1. The average molecular weight is 331 g/mol. The topological polar surface area (TPSA) is 62.7 Å². The van der Waals surface area contributed by atoms with Crippen LogP contribution in [0.15, 0.2) is 24.3 Å². The molecule has 1 aromatic heterocycles. The molecule has 0 aliphatic carbocycles. The van der Waals surface area contributed by atoms with Gasteiger partial charge in [-0.15, -0.1) is 11.3 Å². The lowest BCUT2D eigenvalue weighted by molar-refractivity contribution is -0.132. The first-order chi connectivity index (χ1) is 11.2. The van der Waals surface area contributed by atoms with Crippen molar-refractivity contribution in [3.05, 3.63) is 29.3 Å². The van der Waals surface area contributed by atoms with Crippen LogP contribution in [-0.4, -0.2) is 53.0 Å². The summed E-state index contributed by atoms with van der Waals surface area (Å²) in [6, 6.07) is 8.05. The monoisotopic (exact) mass is 331 g/mol. The summed E-state index contributed by atoms with van der Waals surface area (Å²) in [4.78, 5) is 32.1. The van der Waals surface area contributed by atoms with E-state index in [4.69, 9.17) is 9.72 Å². The van der Waals surface area contributed by atoms with Crippen molar-refractivity contribution < 1.29 is 14.3 Å². The van der Waals surface area contributed by atoms with E-state index < -0.39 is 6.09 Å². The smallest absolute Gasteiger partial charge is 0.410 e. The third-order valence-electron chi connectivity index (χ3n) is 4.34. The lowest BCUT2D eigenvalue weighted by Crippen LogP contribution is -2.40. The number of rotatable bonds is 3. The number of fused-ring (bicyclic) bond motifs is 1. The Morgan fingerprint density at radius 1 is 1.35 bits per heavy atom. The number of cyclic esters (lactones) is 1. The molecule has 1 atom stereocenters. The number of hydrogen-bond donors (Lipinski definition) is 0. The Hall–Kier alpha value is -2.15. The molecule has 2 aliphatic rings. The fourth-order valence-corrected chi connectivity index (χ4v) is 4.29. The normalized spacial score (nSPS) is 21.2. The Morgan fingerprint density at radius 2 is 2.22 bits per heavy atom. The minimum atomic E-state index is -0.394. The van der Waals surface area contributed by atoms with Crippen LogP contribution in [0.4, 0.5) is 4.79 Å². The molecule has 0 spiro atoms. The van der Waals surface area contributed by atoms with Crippen molar-refractivity contribution in [1.29, 1.82) is 0 Å². The van der Waals surface area contributed by atoms with Gasteiger partial charge in [-0.3, -0.25) is 9.69 Å². The van der Waals surface area contributed by atoms with Crippen molar-refractivity contribution in [2.75, 3.05) is 26.2 Å². The van der Waals surface area contributed by atoms with E-state index in [-0.39, 0.29) is 18.5 Å². The van der Waals surface area contributed by atoms with Crippen molar-refractivity contribution in [3.63, 3.8) is 0 Å². The number of ether oxygens (including phenoxy) is 1. The molecule has 2 fully saturated rings. The van der Waals surface area contributed by atoms with Gasteiger partial charge >= 0.3 is 6.09 Å². The van der Waals surface area contributed by atoms with E-state index in [0.29, 0.717) is 13.2 Å². The zero-order chi connectivity index (χ0) is 15.8. The summed E-state index contributed by atoms with van der Waals surface area (Å²) in [5.41, 5.74) is 0.981. The van der Waals surface area contributed by atoms with E-state index in [9.17, 15) is 9.59 Å². The highest BCUT2D eigenvalue weighted by molar-refractivity contribution is 7.18. The third-order valence-corrected chi connectivity index (χ3v) is 5.48. The van der Waals surface area contributed by atoms with Crippen LogP contribution in [0.1, 0.15) is 23.9 Å². The van der Waals surface area contributed by atoms with Gasteiger partial charge in [0.2, 0.25) is 5.91 Å². The first-order valence-corrected chi connectivity index (χ1v) is 8.60. The van der Waals surface area contributed by atoms with Crippen molar-refractivity contribution in [2.45, 2.75) is 18.9 Å². The van der Waals surface area contributed by atoms with E-state index >= 15 is 0 Å². The van der Waals surface area contributed by atoms with Crippen LogP contribution >= 0.6 is 11.3 Å². The fourth-order valence-electron chi connectivity index (χ4n) is 3.18. The Kier molecular flexibility index (Phi) is 3.65. The summed E-state index contributed by atoms with van der Waals surface area (Å²) >= 11 is 1.65. The number of hydrogen-bond acceptors (Lipinski definition) is 5. The molecular weight excluding hydrogens is 314 g/mol. The summed E-state index contributed by atoms with van der Waals surface area (Å²) in [6.07, 6.45) is 1.50. The van der Waals surface area contributed by atoms with Gasteiger partial charge in [-0.25, -0.2) is 9.78 Å². The van der Waals surface area contributed by atoms with Crippen LogP contribution in [0.25, 0.3) is 10.2 Å². The van der Waals surface area contributed by atoms with Crippen LogP contribution in [0, 0.1) is 0 Å². The Balaban J connectivity index is 1.53. The quantitative estimate of drug-likeness (QED) is 0.866. The van der Waals surface area contributed by atoms with Crippen LogP contribution in [0.5, 0.6) is 0 Å². The molecule has 2 saturated heterocycles. The number of nitrogens with zero attached hydrogens (tertiary/aromatic N) is 3. The second-order valence-electron chi connectivity index (χ2n) is 5.80. The highest BCUT2D eigenvalue weighted by Gasteiger charge is 2.34. The fraction of sp³-hybridized carbons (Fsp3) is 0.438. The molecule has 1 aromatic carbocycles. The van der Waals surface area contributed by atoms with Crippen molar-refractivity contribution in [1.82, 2.24) is 14.8 Å². The van der Waals surface area contributed by atoms with Gasteiger partial charge in [0.1, 0.15) is 18.2 Å². The molecule has 2 aromatic rings. The number of amides is 2. The van der Waals surface area contributed by atoms with Gasteiger partial charge in [0.15, 0.2) is 0 Å². The van der Waals surface area contributed by atoms with Crippen LogP contribution in [-0.2, 0) is 9.53 Å². The van der Waals surface area contributed by atoms with Gasteiger partial charge in [-0.2, -0.15) is 0 Å². The number of likely N-dealkylation sites (tertiary alicyclic amines) is 1. The van der Waals surface area contributed by atoms with Gasteiger partial charge in [-0.1, -0.05) is 12.1 Å². The molecular formula is C16H17N3O3S. The lowest BCUT2D eigenvalue weighted by Gasteiger charge is -2.25. The molecule has 0 N–H and O–H groups in total. The van der Waals surface area contributed by atoms with Crippen LogP contribution in [0.3, 0.4) is 0 Å². The molecule has 120 valence electrons. The SMILES string of the molecule is O=C1OCCN1CC(=O)N1CCC[C@@H]1c1nc2ccccc2s1. The molecule has 23 heavy (non-hydrogen) atoms. The first kappa shape index (κ1) is 14.4. The van der Waals surface area contributed by atoms with Crippen LogP contribution in [0.2, 0.25) is 0 Å². The largest absolute Gasteiger partial charge is 0.448 e. The molecule has 0 bridgehead atoms. The number of carbonyl (C=O) groups excluding carboxylic acids is 2. The summed E-state index contributed by atoms with van der Waals surface area (Å²) in [6.45, 7) is 1.68. The highest BCUT2D eigenvalue weighted by Crippen LogP contribution is 2.36. The predicted molar refractivity (Wildman–Crippen MR) is 86.2 cm³/mol. The molecule has 0 unspecified atom stereocenters. The van der Waals surface area contributed by atoms with Crippen molar-refractivity contribution >= 4 is 33.6 Å². The minimum absolute atomic E-state index is 0.0226. The molecule has 0 radical (unpaired) electrons. The van der Waals surface area contributed by atoms with Crippen LogP contribution < -0.4 is 0 Å². The zero-order valence-electron chi connectivity index (χ0n) is 12.6. The first-order valence-electron chi connectivity index (χ1n) is 7.79.